The lowest BCUT2D eigenvalue weighted by Crippen LogP contribution is -2.17. The number of hydrogen-bond donors (Lipinski definition) is 3. The summed E-state index contributed by atoms with van der Waals surface area (Å²) < 4.78 is 38.1. The molecule has 0 unspecified atom stereocenters. The second-order valence-corrected chi connectivity index (χ2v) is 5.75. The van der Waals surface area contributed by atoms with Crippen LogP contribution < -0.4 is 16.6 Å². The lowest BCUT2D eigenvalue weighted by atomic mass is 10.3. The Morgan fingerprint density at radius 2 is 1.86 bits per heavy atom. The molecule has 0 amide bonds. The Balaban J connectivity index is 2.19. The molecule has 0 aromatic carbocycles. The van der Waals surface area contributed by atoms with Gasteiger partial charge in [-0.25, -0.2) is 15.8 Å². The van der Waals surface area contributed by atoms with Crippen LogP contribution >= 0.6 is 11.3 Å². The molecular weight excluding hydrogens is 303 g/mol. The van der Waals surface area contributed by atoms with E-state index in [0.29, 0.717) is 6.54 Å². The van der Waals surface area contributed by atoms with Gasteiger partial charge < -0.3 is 10.7 Å². The highest BCUT2D eigenvalue weighted by Gasteiger charge is 2.35. The lowest BCUT2D eigenvalue weighted by Gasteiger charge is -2.10. The molecular formula is C12H14F3N5S. The van der Waals surface area contributed by atoms with Gasteiger partial charge in [0.2, 0.25) is 5.82 Å². The van der Waals surface area contributed by atoms with Crippen molar-refractivity contribution < 1.29 is 13.2 Å². The summed E-state index contributed by atoms with van der Waals surface area (Å²) in [6.07, 6.45) is -4.63. The first-order chi connectivity index (χ1) is 9.79. The number of aryl methyl sites for hydroxylation is 2. The maximum Gasteiger partial charge on any atom is 0.451 e. The van der Waals surface area contributed by atoms with E-state index in [0.717, 1.165) is 10.4 Å². The molecule has 4 N–H and O–H groups in total. The number of anilines is 2. The molecule has 0 radical (unpaired) electrons. The molecule has 0 aliphatic rings. The minimum Gasteiger partial charge on any atom is -0.365 e. The third-order valence-corrected chi connectivity index (χ3v) is 3.94. The van der Waals surface area contributed by atoms with Crippen LogP contribution in [0.3, 0.4) is 0 Å². The molecule has 0 saturated carbocycles. The van der Waals surface area contributed by atoms with E-state index < -0.39 is 12.0 Å². The van der Waals surface area contributed by atoms with Crippen LogP contribution in [0.2, 0.25) is 0 Å². The molecule has 114 valence electrons. The van der Waals surface area contributed by atoms with Gasteiger partial charge in [-0.05, 0) is 25.5 Å². The number of rotatable bonds is 4. The van der Waals surface area contributed by atoms with Crippen molar-refractivity contribution in [2.75, 3.05) is 10.7 Å². The van der Waals surface area contributed by atoms with Crippen molar-refractivity contribution in [3.05, 3.63) is 33.3 Å². The lowest BCUT2D eigenvalue weighted by molar-refractivity contribution is -0.144. The zero-order chi connectivity index (χ0) is 15.6. The number of nitrogen functional groups attached to an aromatic ring is 1. The van der Waals surface area contributed by atoms with Gasteiger partial charge in [0.05, 0.1) is 6.54 Å². The molecule has 2 rings (SSSR count). The second-order valence-electron chi connectivity index (χ2n) is 4.41. The maximum absolute atomic E-state index is 12.7. The molecule has 0 bridgehead atoms. The summed E-state index contributed by atoms with van der Waals surface area (Å²) in [5.41, 5.74) is 3.26. The molecule has 5 nitrogen and oxygen atoms in total. The van der Waals surface area contributed by atoms with E-state index in [-0.39, 0.29) is 11.6 Å². The molecule has 0 aliphatic heterocycles. The van der Waals surface area contributed by atoms with Crippen molar-refractivity contribution in [2.45, 2.75) is 26.6 Å². The zero-order valence-electron chi connectivity index (χ0n) is 11.4. The van der Waals surface area contributed by atoms with E-state index in [1.165, 1.54) is 10.9 Å². The minimum absolute atomic E-state index is 0.0639. The van der Waals surface area contributed by atoms with E-state index >= 15 is 0 Å². The van der Waals surface area contributed by atoms with Crippen LogP contribution in [0.4, 0.5) is 24.8 Å². The van der Waals surface area contributed by atoms with Gasteiger partial charge in [0.1, 0.15) is 11.6 Å². The maximum atomic E-state index is 12.7. The van der Waals surface area contributed by atoms with Gasteiger partial charge in [-0.15, -0.1) is 11.3 Å². The first-order valence-corrected chi connectivity index (χ1v) is 6.84. The highest BCUT2D eigenvalue weighted by molar-refractivity contribution is 7.12. The van der Waals surface area contributed by atoms with Gasteiger partial charge in [0.25, 0.3) is 0 Å². The van der Waals surface area contributed by atoms with Crippen molar-refractivity contribution in [2.24, 2.45) is 5.84 Å². The summed E-state index contributed by atoms with van der Waals surface area (Å²) in [6.45, 7) is 4.36. The van der Waals surface area contributed by atoms with E-state index in [9.17, 15) is 13.2 Å². The quantitative estimate of drug-likeness (QED) is 0.597. The Bertz CT molecular complexity index is 619. The normalized spacial score (nSPS) is 11.5. The van der Waals surface area contributed by atoms with Crippen LogP contribution in [0.25, 0.3) is 0 Å². The first kappa shape index (κ1) is 15.5. The predicted octanol–water partition coefficient (Wildman–Crippen LogP) is 3.07. The molecule has 21 heavy (non-hydrogen) atoms. The first-order valence-electron chi connectivity index (χ1n) is 6.02. The summed E-state index contributed by atoms with van der Waals surface area (Å²) in [7, 11) is 0. The highest BCUT2D eigenvalue weighted by atomic mass is 32.1. The fourth-order valence-electron chi connectivity index (χ4n) is 1.65. The fraction of sp³-hybridized carbons (Fsp3) is 0.333. The number of halogens is 3. The summed E-state index contributed by atoms with van der Waals surface area (Å²) in [5, 5.41) is 2.85. The molecule has 0 spiro atoms. The average molecular weight is 317 g/mol. The second kappa shape index (κ2) is 5.86. The van der Waals surface area contributed by atoms with Crippen molar-refractivity contribution in [1.29, 1.82) is 0 Å². The molecule has 2 aromatic rings. The average Bonchev–Trinajstić information content (AvgIpc) is 2.74. The van der Waals surface area contributed by atoms with Gasteiger partial charge in [0.15, 0.2) is 0 Å². The van der Waals surface area contributed by atoms with Crippen LogP contribution in [-0.2, 0) is 12.7 Å². The van der Waals surface area contributed by atoms with Crippen LogP contribution in [0.1, 0.15) is 21.1 Å². The fourth-order valence-corrected chi connectivity index (χ4v) is 2.65. The van der Waals surface area contributed by atoms with Gasteiger partial charge >= 0.3 is 6.18 Å². The Labute approximate surface area is 123 Å². The van der Waals surface area contributed by atoms with E-state index in [4.69, 9.17) is 5.84 Å². The highest BCUT2D eigenvalue weighted by Crippen LogP contribution is 2.28. The third kappa shape index (κ3) is 3.82. The largest absolute Gasteiger partial charge is 0.451 e. The van der Waals surface area contributed by atoms with Gasteiger partial charge in [-0.3, -0.25) is 0 Å². The standard InChI is InChI=1S/C12H14F3N5S/c1-6-3-8(21-7(6)2)5-17-9-4-10(20-16)19-11(18-9)12(13,14)15/h3-4H,5,16H2,1-2H3,(H2,17,18,19,20). The molecule has 0 saturated heterocycles. The molecule has 0 fully saturated rings. The number of thiophene rings is 1. The number of nitrogens with one attached hydrogen (secondary N) is 2. The van der Waals surface area contributed by atoms with E-state index in [1.807, 2.05) is 19.9 Å². The number of nitrogens with zero attached hydrogens (tertiary/aromatic N) is 2. The Kier molecular flexibility index (Phi) is 4.33. The number of hydrogen-bond acceptors (Lipinski definition) is 6. The molecule has 2 heterocycles. The minimum atomic E-state index is -4.63. The van der Waals surface area contributed by atoms with E-state index in [1.54, 1.807) is 11.3 Å². The summed E-state index contributed by atoms with van der Waals surface area (Å²) in [5.74, 6) is 3.86. The molecule has 9 heteroatoms. The number of nitrogens with two attached hydrogens (primary N) is 1. The number of hydrazine groups is 1. The van der Waals surface area contributed by atoms with Crippen molar-refractivity contribution in [3.8, 4) is 0 Å². The Hall–Kier alpha value is -1.87. The smallest absolute Gasteiger partial charge is 0.365 e. The van der Waals surface area contributed by atoms with Crippen LogP contribution in [-0.4, -0.2) is 9.97 Å². The zero-order valence-corrected chi connectivity index (χ0v) is 12.2. The number of aromatic nitrogens is 2. The van der Waals surface area contributed by atoms with Gasteiger partial charge in [-0.1, -0.05) is 0 Å². The molecule has 0 aliphatic carbocycles. The Morgan fingerprint density at radius 3 is 2.38 bits per heavy atom. The van der Waals surface area contributed by atoms with Crippen LogP contribution in [0.15, 0.2) is 12.1 Å². The van der Waals surface area contributed by atoms with Gasteiger partial charge in [-0.2, -0.15) is 13.2 Å². The van der Waals surface area contributed by atoms with Crippen LogP contribution in [0, 0.1) is 13.8 Å². The predicted molar refractivity (Wildman–Crippen MR) is 76.0 cm³/mol. The summed E-state index contributed by atoms with van der Waals surface area (Å²) >= 11 is 1.58. The monoisotopic (exact) mass is 317 g/mol. The van der Waals surface area contributed by atoms with Gasteiger partial charge in [0, 0.05) is 15.8 Å². The van der Waals surface area contributed by atoms with Crippen molar-refractivity contribution in [1.82, 2.24) is 9.97 Å². The van der Waals surface area contributed by atoms with Crippen LogP contribution in [0.5, 0.6) is 0 Å². The molecule has 0 atom stereocenters. The Morgan fingerprint density at radius 1 is 1.19 bits per heavy atom. The molecule has 2 aromatic heterocycles. The number of alkyl halides is 3. The van der Waals surface area contributed by atoms with E-state index in [2.05, 4.69) is 20.7 Å². The topological polar surface area (TPSA) is 75.9 Å². The van der Waals surface area contributed by atoms with Crippen molar-refractivity contribution >= 4 is 23.0 Å². The third-order valence-electron chi connectivity index (χ3n) is 2.79. The van der Waals surface area contributed by atoms with Crippen molar-refractivity contribution in [3.63, 3.8) is 0 Å². The summed E-state index contributed by atoms with van der Waals surface area (Å²) in [6, 6.07) is 3.31. The summed E-state index contributed by atoms with van der Waals surface area (Å²) in [4.78, 5) is 8.93. The SMILES string of the molecule is Cc1cc(CNc2cc(NN)nc(C(F)(F)F)n2)sc1C.